The lowest BCUT2D eigenvalue weighted by Gasteiger charge is -2.18. The Hall–Kier alpha value is -1.71. The number of unbranched alkanes of at least 4 members (excludes halogenated alkanes) is 45. The highest BCUT2D eigenvalue weighted by Gasteiger charge is 2.18. The minimum absolute atomic E-state index is 0.0406. The van der Waals surface area contributed by atoms with Crippen molar-refractivity contribution in [1.82, 2.24) is 0 Å². The van der Waals surface area contributed by atoms with Gasteiger partial charge in [-0.05, 0) is 38.3 Å². The zero-order valence-corrected chi connectivity index (χ0v) is 45.4. The van der Waals surface area contributed by atoms with Crippen LogP contribution >= 0.6 is 0 Å². The molecule has 4 heteroatoms. The van der Waals surface area contributed by atoms with E-state index in [1.165, 1.54) is 289 Å². The van der Waals surface area contributed by atoms with Crippen LogP contribution in [-0.2, 0) is 0 Å². The first-order valence-corrected chi connectivity index (χ1v) is 30.2. The number of carbonyl (C=O) groups excluding carboxylic acids is 1. The van der Waals surface area contributed by atoms with Gasteiger partial charge in [-0.25, -0.2) is 0 Å². The Labute approximate surface area is 413 Å². The molecule has 0 fully saturated rings. The van der Waals surface area contributed by atoms with Gasteiger partial charge in [-0.2, -0.15) is 0 Å². The number of hydrogen-bond donors (Lipinski definition) is 0. The number of benzene rings is 1. The Kier molecular flexibility index (Phi) is 48.3. The third-order valence-corrected chi connectivity index (χ3v) is 14.2. The summed E-state index contributed by atoms with van der Waals surface area (Å²) in [7, 11) is 0. The van der Waals surface area contributed by atoms with Crippen LogP contribution < -0.4 is 14.2 Å². The maximum absolute atomic E-state index is 12.7. The number of hydrogen-bond acceptors (Lipinski definition) is 4. The topological polar surface area (TPSA) is 44.8 Å². The molecule has 4 nitrogen and oxygen atoms in total. The zero-order valence-electron chi connectivity index (χ0n) is 45.4. The molecule has 0 spiro atoms. The number of ether oxygens (including phenoxy) is 3. The molecule has 0 unspecified atom stereocenters. The van der Waals surface area contributed by atoms with Crippen molar-refractivity contribution < 1.29 is 19.0 Å². The molecule has 0 aromatic heterocycles. The molecule has 0 aliphatic carbocycles. The van der Waals surface area contributed by atoms with Gasteiger partial charge in [0.2, 0.25) is 5.75 Å². The minimum Gasteiger partial charge on any atom is -0.490 e. The zero-order chi connectivity index (χ0) is 47.5. The van der Waals surface area contributed by atoms with E-state index in [0.717, 1.165) is 19.3 Å². The lowest BCUT2D eigenvalue weighted by atomic mass is 10.0. The lowest BCUT2D eigenvalue weighted by Crippen LogP contribution is -2.08. The predicted octanol–water partition coefficient (Wildman–Crippen LogP) is 21.8. The van der Waals surface area contributed by atoms with Crippen molar-refractivity contribution in [3.63, 3.8) is 0 Å². The van der Waals surface area contributed by atoms with E-state index in [4.69, 9.17) is 14.2 Å². The van der Waals surface area contributed by atoms with Crippen LogP contribution in [-0.4, -0.2) is 25.6 Å². The van der Waals surface area contributed by atoms with E-state index >= 15 is 0 Å². The Bertz CT molecular complexity index is 1070. The maximum atomic E-state index is 12.7. The quantitative estimate of drug-likeness (QED) is 0.0482. The fraction of sp³-hybridized carbons (Fsp3) is 0.887. The van der Waals surface area contributed by atoms with Crippen molar-refractivity contribution >= 4 is 5.78 Å². The largest absolute Gasteiger partial charge is 0.490 e. The maximum Gasteiger partial charge on any atom is 0.203 e. The van der Waals surface area contributed by atoms with Gasteiger partial charge < -0.3 is 14.2 Å². The van der Waals surface area contributed by atoms with E-state index in [0.29, 0.717) is 42.6 Å². The molecule has 0 amide bonds. The molecule has 66 heavy (non-hydrogen) atoms. The molecule has 388 valence electrons. The molecule has 1 rings (SSSR count). The summed E-state index contributed by atoms with van der Waals surface area (Å²) in [5.74, 6) is 2.11. The second-order valence-electron chi connectivity index (χ2n) is 20.8. The number of Topliss-reactive ketones (excluding diaryl/α,β-unsaturated/α-hetero) is 1. The Morgan fingerprint density at radius 1 is 0.288 bits per heavy atom. The molecule has 0 saturated carbocycles. The summed E-state index contributed by atoms with van der Waals surface area (Å²) in [6.45, 7) is 10.5. The Balaban J connectivity index is 2.46. The van der Waals surface area contributed by atoms with Crippen LogP contribution in [0, 0.1) is 0 Å². The van der Waals surface area contributed by atoms with Crippen LogP contribution in [0.15, 0.2) is 12.1 Å². The van der Waals surface area contributed by atoms with Crippen LogP contribution in [0.1, 0.15) is 346 Å². The van der Waals surface area contributed by atoms with Crippen LogP contribution in [0.4, 0.5) is 0 Å². The summed E-state index contributed by atoms with van der Waals surface area (Å²) in [4.78, 5) is 12.7. The summed E-state index contributed by atoms with van der Waals surface area (Å²) in [6, 6.07) is 3.80. The molecule has 0 radical (unpaired) electrons. The molecule has 1 aromatic carbocycles. The van der Waals surface area contributed by atoms with E-state index in [1.807, 2.05) is 12.1 Å². The average molecular weight is 926 g/mol. The van der Waals surface area contributed by atoms with E-state index in [1.54, 1.807) is 6.92 Å². The van der Waals surface area contributed by atoms with E-state index in [2.05, 4.69) is 20.8 Å². The van der Waals surface area contributed by atoms with Gasteiger partial charge in [-0.15, -0.1) is 0 Å². The summed E-state index contributed by atoms with van der Waals surface area (Å²) < 4.78 is 19.4. The second-order valence-corrected chi connectivity index (χ2v) is 20.8. The minimum atomic E-state index is 0.0406. The summed E-state index contributed by atoms with van der Waals surface area (Å²) in [6.07, 6.45) is 65.2. The Morgan fingerprint density at radius 2 is 0.470 bits per heavy atom. The number of carbonyl (C=O) groups is 1. The molecule has 0 bridgehead atoms. The molecule has 0 atom stereocenters. The monoisotopic (exact) mass is 925 g/mol. The van der Waals surface area contributed by atoms with Crippen LogP contribution in [0.3, 0.4) is 0 Å². The number of ketones is 1. The van der Waals surface area contributed by atoms with Crippen LogP contribution in [0.25, 0.3) is 0 Å². The summed E-state index contributed by atoms with van der Waals surface area (Å²) in [5.41, 5.74) is 0.647. The van der Waals surface area contributed by atoms with Gasteiger partial charge in [0.15, 0.2) is 17.3 Å². The standard InChI is InChI=1S/C62H116O4/c1-5-8-11-14-17-20-23-26-29-32-35-38-41-44-47-50-53-64-60-56-59(58(4)63)57-61(65-54-51-48-45-42-39-36-33-30-27-24-21-18-15-12-9-6-2)62(60)66-55-52-49-46-43-40-37-34-31-28-25-22-19-16-13-10-7-3/h56-57H,5-55H2,1-4H3. The third kappa shape index (κ3) is 41.3. The highest BCUT2D eigenvalue weighted by Crippen LogP contribution is 2.40. The first-order valence-electron chi connectivity index (χ1n) is 30.2. The average Bonchev–Trinajstić information content (AvgIpc) is 3.32. The molecule has 0 aliphatic rings. The lowest BCUT2D eigenvalue weighted by molar-refractivity contribution is 0.101. The second kappa shape index (κ2) is 51.1. The fourth-order valence-corrected chi connectivity index (χ4v) is 9.63. The predicted molar refractivity (Wildman–Crippen MR) is 292 cm³/mol. The molecular weight excluding hydrogens is 809 g/mol. The van der Waals surface area contributed by atoms with Crippen molar-refractivity contribution in [3.8, 4) is 17.2 Å². The van der Waals surface area contributed by atoms with Crippen molar-refractivity contribution in [3.05, 3.63) is 17.7 Å². The summed E-state index contributed by atoms with van der Waals surface area (Å²) >= 11 is 0. The van der Waals surface area contributed by atoms with Crippen molar-refractivity contribution in [2.45, 2.75) is 336 Å². The Morgan fingerprint density at radius 3 is 0.667 bits per heavy atom. The summed E-state index contributed by atoms with van der Waals surface area (Å²) in [5, 5.41) is 0. The molecule has 0 aliphatic heterocycles. The third-order valence-electron chi connectivity index (χ3n) is 14.2. The van der Waals surface area contributed by atoms with Gasteiger partial charge in [0.25, 0.3) is 0 Å². The first kappa shape index (κ1) is 62.3. The molecule has 1 aromatic rings. The van der Waals surface area contributed by atoms with Gasteiger partial charge in [0.1, 0.15) is 0 Å². The van der Waals surface area contributed by atoms with Crippen molar-refractivity contribution in [2.75, 3.05) is 19.8 Å². The van der Waals surface area contributed by atoms with Gasteiger partial charge in [0, 0.05) is 5.56 Å². The molecule has 0 N–H and O–H groups in total. The van der Waals surface area contributed by atoms with E-state index < -0.39 is 0 Å². The van der Waals surface area contributed by atoms with Crippen LogP contribution in [0.5, 0.6) is 17.2 Å². The van der Waals surface area contributed by atoms with Gasteiger partial charge in [-0.3, -0.25) is 4.79 Å². The van der Waals surface area contributed by atoms with E-state index in [-0.39, 0.29) is 5.78 Å². The van der Waals surface area contributed by atoms with Gasteiger partial charge >= 0.3 is 0 Å². The van der Waals surface area contributed by atoms with Crippen molar-refractivity contribution in [2.24, 2.45) is 0 Å². The van der Waals surface area contributed by atoms with Gasteiger partial charge in [0.05, 0.1) is 19.8 Å². The highest BCUT2D eigenvalue weighted by atomic mass is 16.5. The first-order chi connectivity index (χ1) is 32.6. The smallest absolute Gasteiger partial charge is 0.203 e. The number of rotatable bonds is 55. The van der Waals surface area contributed by atoms with Gasteiger partial charge in [-0.1, -0.05) is 310 Å². The normalized spacial score (nSPS) is 11.5. The SMILES string of the molecule is CCCCCCCCCCCCCCCCCCOc1cc(C(C)=O)cc(OCCCCCCCCCCCCCCCCCC)c1OCCCCCCCCCCCCCCCCCC. The van der Waals surface area contributed by atoms with Crippen molar-refractivity contribution in [1.29, 1.82) is 0 Å². The molecule has 0 heterocycles. The fourth-order valence-electron chi connectivity index (χ4n) is 9.63. The van der Waals surface area contributed by atoms with E-state index in [9.17, 15) is 4.79 Å². The highest BCUT2D eigenvalue weighted by molar-refractivity contribution is 5.95. The van der Waals surface area contributed by atoms with Crippen LogP contribution in [0.2, 0.25) is 0 Å². The molecule has 0 saturated heterocycles. The molecular formula is C62H116O4.